The highest BCUT2D eigenvalue weighted by atomic mass is 16.6. The third-order valence-corrected chi connectivity index (χ3v) is 2.80. The Balaban J connectivity index is 3.19. The number of carbonyl (C=O) groups excluding carboxylic acids is 2. The highest BCUT2D eigenvalue weighted by molar-refractivity contribution is 6.06. The number of ether oxygens (including phenoxy) is 2. The molecule has 114 valence electrons. The van der Waals surface area contributed by atoms with Crippen molar-refractivity contribution in [2.45, 2.75) is 18.9 Å². The summed E-state index contributed by atoms with van der Waals surface area (Å²) in [4.78, 5) is 35.1. The summed E-state index contributed by atoms with van der Waals surface area (Å²) in [5, 5.41) is 11.5. The van der Waals surface area contributed by atoms with Crippen molar-refractivity contribution in [3.63, 3.8) is 0 Å². The van der Waals surface area contributed by atoms with Crippen molar-refractivity contribution in [3.05, 3.63) is 35.9 Å². The fraction of sp³-hybridized carbons (Fsp3) is 0.357. The maximum absolute atomic E-state index is 12.1. The van der Waals surface area contributed by atoms with Gasteiger partial charge in [-0.05, 0) is 12.5 Å². The second-order valence-electron chi connectivity index (χ2n) is 4.21. The number of aliphatic carboxylic acids is 1. The highest BCUT2D eigenvalue weighted by Gasteiger charge is 2.49. The Morgan fingerprint density at radius 1 is 1.24 bits per heavy atom. The Kier molecular flexibility index (Phi) is 5.71. The molecule has 0 unspecified atom stereocenters. The Morgan fingerprint density at radius 2 is 1.86 bits per heavy atom. The van der Waals surface area contributed by atoms with Gasteiger partial charge in [0.2, 0.25) is 5.54 Å². The molecule has 0 fully saturated rings. The summed E-state index contributed by atoms with van der Waals surface area (Å²) in [7, 11) is 1.08. The Bertz CT molecular complexity index is 515. The number of rotatable bonds is 6. The Hall–Kier alpha value is -2.57. The SMILES string of the molecule is CCOC(=O)[C@](Cc1ccccc1)(NC(=O)OC)C(=O)O. The predicted molar refractivity (Wildman–Crippen MR) is 72.7 cm³/mol. The van der Waals surface area contributed by atoms with Crippen LogP contribution in [0.15, 0.2) is 30.3 Å². The molecule has 0 aliphatic carbocycles. The molecule has 7 heteroatoms. The maximum atomic E-state index is 12.1. The van der Waals surface area contributed by atoms with Crippen LogP contribution < -0.4 is 5.32 Å². The Labute approximate surface area is 121 Å². The van der Waals surface area contributed by atoms with Gasteiger partial charge in [0, 0.05) is 6.42 Å². The molecule has 0 saturated heterocycles. The molecule has 0 aliphatic heterocycles. The van der Waals surface area contributed by atoms with Crippen molar-refractivity contribution in [3.8, 4) is 0 Å². The average molecular weight is 295 g/mol. The maximum Gasteiger partial charge on any atom is 0.408 e. The van der Waals surface area contributed by atoms with Gasteiger partial charge in [0.1, 0.15) is 0 Å². The number of hydrogen-bond acceptors (Lipinski definition) is 5. The lowest BCUT2D eigenvalue weighted by atomic mass is 9.91. The van der Waals surface area contributed by atoms with Gasteiger partial charge in [-0.1, -0.05) is 30.3 Å². The highest BCUT2D eigenvalue weighted by Crippen LogP contribution is 2.17. The molecule has 1 aromatic rings. The van der Waals surface area contributed by atoms with E-state index in [9.17, 15) is 19.5 Å². The average Bonchev–Trinajstić information content (AvgIpc) is 2.47. The smallest absolute Gasteiger partial charge is 0.408 e. The molecule has 7 nitrogen and oxygen atoms in total. The second kappa shape index (κ2) is 7.28. The number of amides is 1. The fourth-order valence-electron chi connectivity index (χ4n) is 1.77. The van der Waals surface area contributed by atoms with E-state index in [1.54, 1.807) is 37.3 Å². The first-order valence-electron chi connectivity index (χ1n) is 6.27. The lowest BCUT2D eigenvalue weighted by Crippen LogP contribution is -2.62. The number of nitrogens with one attached hydrogen (secondary N) is 1. The molecule has 0 heterocycles. The van der Waals surface area contributed by atoms with Gasteiger partial charge in [0.05, 0.1) is 13.7 Å². The first-order valence-corrected chi connectivity index (χ1v) is 6.27. The van der Waals surface area contributed by atoms with E-state index >= 15 is 0 Å². The van der Waals surface area contributed by atoms with Gasteiger partial charge in [-0.2, -0.15) is 0 Å². The number of esters is 1. The van der Waals surface area contributed by atoms with Gasteiger partial charge in [-0.25, -0.2) is 14.4 Å². The van der Waals surface area contributed by atoms with E-state index in [0.717, 1.165) is 7.11 Å². The van der Waals surface area contributed by atoms with Crippen LogP contribution in [-0.2, 0) is 25.5 Å². The summed E-state index contributed by atoms with van der Waals surface area (Å²) in [5.74, 6) is -2.57. The van der Waals surface area contributed by atoms with E-state index in [-0.39, 0.29) is 13.0 Å². The van der Waals surface area contributed by atoms with Crippen LogP contribution in [0.5, 0.6) is 0 Å². The van der Waals surface area contributed by atoms with Crippen LogP contribution in [0.4, 0.5) is 4.79 Å². The lowest BCUT2D eigenvalue weighted by molar-refractivity contribution is -0.162. The van der Waals surface area contributed by atoms with Gasteiger partial charge in [0.15, 0.2) is 0 Å². The fourth-order valence-corrected chi connectivity index (χ4v) is 1.77. The van der Waals surface area contributed by atoms with E-state index < -0.39 is 23.6 Å². The number of alkyl carbamates (subject to hydrolysis) is 1. The molecule has 2 N–H and O–H groups in total. The molecule has 0 spiro atoms. The molecule has 0 aromatic heterocycles. The summed E-state index contributed by atoms with van der Waals surface area (Å²) in [6.45, 7) is 1.54. The molecule has 0 radical (unpaired) electrons. The number of carbonyl (C=O) groups is 3. The van der Waals surface area contributed by atoms with Gasteiger partial charge in [0.25, 0.3) is 0 Å². The number of carboxylic acid groups (broad SMARTS) is 1. The normalized spacial score (nSPS) is 12.9. The topological polar surface area (TPSA) is 102 Å². The van der Waals surface area contributed by atoms with Gasteiger partial charge in [-0.15, -0.1) is 0 Å². The van der Waals surface area contributed by atoms with Crippen LogP contribution in [0, 0.1) is 0 Å². The van der Waals surface area contributed by atoms with Crippen LogP contribution in [0.2, 0.25) is 0 Å². The zero-order valence-corrected chi connectivity index (χ0v) is 11.8. The monoisotopic (exact) mass is 295 g/mol. The Morgan fingerprint density at radius 3 is 2.33 bits per heavy atom. The van der Waals surface area contributed by atoms with Gasteiger partial charge < -0.3 is 14.6 Å². The number of benzene rings is 1. The summed E-state index contributed by atoms with van der Waals surface area (Å²) in [5.41, 5.74) is -1.67. The summed E-state index contributed by atoms with van der Waals surface area (Å²) in [6, 6.07) is 8.45. The molecule has 1 amide bonds. The zero-order valence-electron chi connectivity index (χ0n) is 11.8. The minimum absolute atomic E-state index is 0.00843. The van der Waals surface area contributed by atoms with Crippen molar-refractivity contribution in [1.82, 2.24) is 5.32 Å². The first-order chi connectivity index (χ1) is 9.96. The van der Waals surface area contributed by atoms with Gasteiger partial charge in [-0.3, -0.25) is 5.32 Å². The van der Waals surface area contributed by atoms with Crippen LogP contribution in [0.25, 0.3) is 0 Å². The summed E-state index contributed by atoms with van der Waals surface area (Å²) in [6.07, 6.45) is -1.28. The number of methoxy groups -OCH3 is 1. The van der Waals surface area contributed by atoms with Crippen LogP contribution in [0.3, 0.4) is 0 Å². The minimum Gasteiger partial charge on any atom is -0.479 e. The van der Waals surface area contributed by atoms with E-state index in [0.29, 0.717) is 5.56 Å². The zero-order chi connectivity index (χ0) is 15.9. The molecule has 21 heavy (non-hydrogen) atoms. The molecule has 0 bridgehead atoms. The quantitative estimate of drug-likeness (QED) is 0.599. The molecular weight excluding hydrogens is 278 g/mol. The lowest BCUT2D eigenvalue weighted by Gasteiger charge is -2.27. The molecule has 0 saturated carbocycles. The van der Waals surface area contributed by atoms with Gasteiger partial charge >= 0.3 is 18.0 Å². The largest absolute Gasteiger partial charge is 0.479 e. The first kappa shape index (κ1) is 16.5. The van der Waals surface area contributed by atoms with E-state index in [1.807, 2.05) is 0 Å². The third kappa shape index (κ3) is 3.95. The van der Waals surface area contributed by atoms with Crippen LogP contribution in [0.1, 0.15) is 12.5 Å². The second-order valence-corrected chi connectivity index (χ2v) is 4.21. The standard InChI is InChI=1S/C14H17NO6/c1-3-21-12(18)14(11(16)17,15-13(19)20-2)9-10-7-5-4-6-8-10/h4-8H,3,9H2,1-2H3,(H,15,19)(H,16,17)/t14-/m1/s1. The number of carboxylic acids is 1. The van der Waals surface area contributed by atoms with Crippen molar-refractivity contribution < 1.29 is 29.0 Å². The van der Waals surface area contributed by atoms with E-state index in [1.165, 1.54) is 0 Å². The van der Waals surface area contributed by atoms with Crippen molar-refractivity contribution >= 4 is 18.0 Å². The summed E-state index contributed by atoms with van der Waals surface area (Å²) >= 11 is 0. The molecular formula is C14H17NO6. The predicted octanol–water partition coefficient (Wildman–Crippen LogP) is 0.972. The molecule has 1 rings (SSSR count). The molecule has 1 atom stereocenters. The van der Waals surface area contributed by atoms with Crippen LogP contribution >= 0.6 is 0 Å². The van der Waals surface area contributed by atoms with E-state index in [4.69, 9.17) is 4.74 Å². The molecule has 0 aliphatic rings. The van der Waals surface area contributed by atoms with Crippen molar-refractivity contribution in [2.75, 3.05) is 13.7 Å². The van der Waals surface area contributed by atoms with Crippen molar-refractivity contribution in [2.24, 2.45) is 0 Å². The molecule has 1 aromatic carbocycles. The summed E-state index contributed by atoms with van der Waals surface area (Å²) < 4.78 is 9.20. The minimum atomic E-state index is -2.23. The third-order valence-electron chi connectivity index (χ3n) is 2.80. The van der Waals surface area contributed by atoms with E-state index in [2.05, 4.69) is 10.1 Å². The van der Waals surface area contributed by atoms with Crippen LogP contribution in [-0.4, -0.2) is 42.4 Å². The van der Waals surface area contributed by atoms with Crippen molar-refractivity contribution in [1.29, 1.82) is 0 Å². The number of hydrogen-bond donors (Lipinski definition) is 2.